The van der Waals surface area contributed by atoms with Crippen molar-refractivity contribution in [2.24, 2.45) is 0 Å². The minimum Gasteiger partial charge on any atom is -0.309 e. The van der Waals surface area contributed by atoms with Crippen LogP contribution in [0.1, 0.15) is 11.1 Å². The second kappa shape index (κ2) is 21.1. The van der Waals surface area contributed by atoms with Crippen LogP contribution in [0.5, 0.6) is 0 Å². The Labute approximate surface area is 516 Å². The first kappa shape index (κ1) is 51.7. The van der Waals surface area contributed by atoms with E-state index < -0.39 is 0 Å². The second-order valence-corrected chi connectivity index (χ2v) is 23.3. The van der Waals surface area contributed by atoms with E-state index in [0.717, 1.165) is 111 Å². The molecule has 0 saturated carbocycles. The van der Waals surface area contributed by atoms with Crippen LogP contribution in [0.25, 0.3) is 161 Å². The van der Waals surface area contributed by atoms with Gasteiger partial charge in [0, 0.05) is 71.3 Å². The molecule has 89 heavy (non-hydrogen) atoms. The SMILES string of the molecule is Cc1ccccc1-c1ccc2c(c1)c1cc(-c3ccccc3C)ccc1n2-c1c(-c2ccccc2-n2c3ccccc3c3ccccc32)cc(-c2nc(-c3ccccc3)cc(-c3ccccc3)n2)cc1-c1ccccc1-n1c2ccccc2c2ccccc21. The van der Waals surface area contributed by atoms with Gasteiger partial charge in [0.25, 0.3) is 0 Å². The molecule has 0 atom stereocenters. The molecule has 0 aliphatic carbocycles. The van der Waals surface area contributed by atoms with E-state index in [-0.39, 0.29) is 0 Å². The number of benzene rings is 13. The van der Waals surface area contributed by atoms with Crippen LogP contribution in [0, 0.1) is 13.8 Å². The Morgan fingerprint density at radius 3 is 0.966 bits per heavy atom. The lowest BCUT2D eigenvalue weighted by atomic mass is 9.90. The normalized spacial score (nSPS) is 11.7. The Kier molecular flexibility index (Phi) is 12.3. The standard InChI is InChI=1S/C84H57N5/c1-54-25-9-11-31-61(54)58-45-47-81-69(49-58)70-50-59(62-32-12-10-26-55(62)2)46-48-82(70)89(81)83-71(67-37-17-23-43-79(67)87-75-39-19-13-33-63(75)64-34-14-20-40-76(64)87)51-60(84-85-73(56-27-5-3-6-28-56)53-74(86-84)57-29-7-4-8-30-57)52-72(83)68-38-18-24-44-80(68)88-77-41-21-15-35-65(77)66-36-16-22-42-78(66)88/h3-53H,1-2H3. The molecule has 5 nitrogen and oxygen atoms in total. The summed E-state index contributed by atoms with van der Waals surface area (Å²) in [6.45, 7) is 4.43. The number of rotatable bonds is 10. The number of para-hydroxylation sites is 6. The van der Waals surface area contributed by atoms with E-state index >= 15 is 0 Å². The van der Waals surface area contributed by atoms with Crippen molar-refractivity contribution in [2.75, 3.05) is 0 Å². The molecule has 0 fully saturated rings. The second-order valence-electron chi connectivity index (χ2n) is 23.3. The van der Waals surface area contributed by atoms with Crippen LogP contribution >= 0.6 is 0 Å². The molecule has 0 spiro atoms. The molecular weight excluding hydrogens is 1080 g/mol. The van der Waals surface area contributed by atoms with E-state index in [4.69, 9.17) is 9.97 Å². The third-order valence-electron chi connectivity index (χ3n) is 18.2. The van der Waals surface area contributed by atoms with Crippen molar-refractivity contribution in [3.63, 3.8) is 0 Å². The van der Waals surface area contributed by atoms with Crippen molar-refractivity contribution in [3.8, 4) is 95.5 Å². The van der Waals surface area contributed by atoms with Crippen molar-refractivity contribution in [1.82, 2.24) is 23.7 Å². The molecular formula is C84H57N5. The minimum absolute atomic E-state index is 0.621. The Morgan fingerprint density at radius 2 is 0.562 bits per heavy atom. The predicted molar refractivity (Wildman–Crippen MR) is 373 cm³/mol. The zero-order chi connectivity index (χ0) is 59.1. The van der Waals surface area contributed by atoms with Crippen molar-refractivity contribution in [2.45, 2.75) is 13.8 Å². The van der Waals surface area contributed by atoms with Gasteiger partial charge in [0.05, 0.1) is 61.6 Å². The summed E-state index contributed by atoms with van der Waals surface area (Å²) in [6, 6.07) is 113. The maximum atomic E-state index is 5.63. The number of aryl methyl sites for hydroxylation is 2. The molecule has 0 unspecified atom stereocenters. The van der Waals surface area contributed by atoms with E-state index in [9.17, 15) is 0 Å². The molecule has 0 bridgehead atoms. The van der Waals surface area contributed by atoms with Crippen molar-refractivity contribution >= 4 is 65.4 Å². The molecule has 0 aliphatic heterocycles. The third-order valence-corrected chi connectivity index (χ3v) is 18.2. The number of aromatic nitrogens is 5. The molecule has 0 amide bonds. The fraction of sp³-hybridized carbons (Fsp3) is 0.0238. The van der Waals surface area contributed by atoms with E-state index in [0.29, 0.717) is 5.82 Å². The van der Waals surface area contributed by atoms with Crippen molar-refractivity contribution in [3.05, 3.63) is 321 Å². The lowest BCUT2D eigenvalue weighted by Gasteiger charge is -2.24. The van der Waals surface area contributed by atoms with Gasteiger partial charge in [-0.05, 0) is 126 Å². The van der Waals surface area contributed by atoms with Gasteiger partial charge in [-0.25, -0.2) is 9.97 Å². The van der Waals surface area contributed by atoms with Gasteiger partial charge in [-0.3, -0.25) is 0 Å². The first-order valence-electron chi connectivity index (χ1n) is 30.6. The van der Waals surface area contributed by atoms with Gasteiger partial charge in [-0.15, -0.1) is 0 Å². The topological polar surface area (TPSA) is 40.6 Å². The molecule has 0 aliphatic rings. The average molecular weight is 1140 g/mol. The average Bonchev–Trinajstić information content (AvgIpc) is 1.83. The maximum Gasteiger partial charge on any atom is 0.160 e. The van der Waals surface area contributed by atoms with Gasteiger partial charge in [0.2, 0.25) is 0 Å². The molecule has 17 rings (SSSR count). The van der Waals surface area contributed by atoms with Crippen LogP contribution in [0.2, 0.25) is 0 Å². The van der Waals surface area contributed by atoms with E-state index in [2.05, 4.69) is 337 Å². The van der Waals surface area contributed by atoms with Gasteiger partial charge in [-0.2, -0.15) is 0 Å². The first-order valence-corrected chi connectivity index (χ1v) is 30.6. The highest BCUT2D eigenvalue weighted by atomic mass is 15.0. The highest BCUT2D eigenvalue weighted by Gasteiger charge is 2.28. The zero-order valence-electron chi connectivity index (χ0n) is 49.2. The van der Waals surface area contributed by atoms with Gasteiger partial charge < -0.3 is 13.7 Å². The van der Waals surface area contributed by atoms with E-state index in [1.807, 2.05) is 0 Å². The van der Waals surface area contributed by atoms with Gasteiger partial charge in [-0.1, -0.05) is 231 Å². The molecule has 0 radical (unpaired) electrons. The molecule has 0 saturated heterocycles. The number of fused-ring (bicyclic) bond motifs is 9. The van der Waals surface area contributed by atoms with Gasteiger partial charge in [0.15, 0.2) is 5.82 Å². The Balaban J connectivity index is 1.07. The molecule has 4 heterocycles. The summed E-state index contributed by atoms with van der Waals surface area (Å²) < 4.78 is 7.51. The molecule has 13 aromatic carbocycles. The predicted octanol–water partition coefficient (Wildman–Crippen LogP) is 22.1. The monoisotopic (exact) mass is 1140 g/mol. The summed E-state index contributed by atoms with van der Waals surface area (Å²) in [5.74, 6) is 0.621. The first-order chi connectivity index (χ1) is 44.0. The van der Waals surface area contributed by atoms with Gasteiger partial charge >= 0.3 is 0 Å². The smallest absolute Gasteiger partial charge is 0.160 e. The van der Waals surface area contributed by atoms with Crippen LogP contribution in [0.15, 0.2) is 309 Å². The number of hydrogen-bond donors (Lipinski definition) is 0. The summed E-state index contributed by atoms with van der Waals surface area (Å²) in [5, 5.41) is 7.11. The van der Waals surface area contributed by atoms with E-state index in [1.165, 1.54) is 54.9 Å². The summed E-state index contributed by atoms with van der Waals surface area (Å²) >= 11 is 0. The van der Waals surface area contributed by atoms with Crippen LogP contribution in [0.3, 0.4) is 0 Å². The lowest BCUT2D eigenvalue weighted by Crippen LogP contribution is -2.06. The lowest BCUT2D eigenvalue weighted by molar-refractivity contribution is 1.15. The van der Waals surface area contributed by atoms with Gasteiger partial charge in [0.1, 0.15) is 0 Å². The molecule has 17 aromatic rings. The number of nitrogens with zero attached hydrogens (tertiary/aromatic N) is 5. The highest BCUT2D eigenvalue weighted by molar-refractivity contribution is 6.15. The minimum atomic E-state index is 0.621. The summed E-state index contributed by atoms with van der Waals surface area (Å²) in [5.41, 5.74) is 25.8. The van der Waals surface area contributed by atoms with Crippen LogP contribution < -0.4 is 0 Å². The largest absolute Gasteiger partial charge is 0.309 e. The molecule has 418 valence electrons. The third kappa shape index (κ3) is 8.53. The number of hydrogen-bond acceptors (Lipinski definition) is 2. The maximum absolute atomic E-state index is 5.63. The molecule has 5 heteroatoms. The molecule has 0 N–H and O–H groups in total. The zero-order valence-corrected chi connectivity index (χ0v) is 49.2. The Morgan fingerprint density at radius 1 is 0.225 bits per heavy atom. The Hall–Kier alpha value is -11.7. The fourth-order valence-corrected chi connectivity index (χ4v) is 14.1. The fourth-order valence-electron chi connectivity index (χ4n) is 14.1. The van der Waals surface area contributed by atoms with Crippen molar-refractivity contribution in [1.29, 1.82) is 0 Å². The quantitative estimate of drug-likeness (QED) is 0.137. The van der Waals surface area contributed by atoms with Crippen LogP contribution in [0.4, 0.5) is 0 Å². The van der Waals surface area contributed by atoms with Crippen LogP contribution in [-0.4, -0.2) is 23.7 Å². The summed E-state index contributed by atoms with van der Waals surface area (Å²) in [6.07, 6.45) is 0. The van der Waals surface area contributed by atoms with E-state index in [1.54, 1.807) is 0 Å². The highest BCUT2D eigenvalue weighted by Crippen LogP contribution is 2.49. The van der Waals surface area contributed by atoms with Crippen molar-refractivity contribution < 1.29 is 0 Å². The molecule has 4 aromatic heterocycles. The Bertz CT molecular complexity index is 5200. The summed E-state index contributed by atoms with van der Waals surface area (Å²) in [7, 11) is 0. The van der Waals surface area contributed by atoms with Crippen LogP contribution in [-0.2, 0) is 0 Å². The summed E-state index contributed by atoms with van der Waals surface area (Å²) in [4.78, 5) is 11.3.